The van der Waals surface area contributed by atoms with Crippen LogP contribution in [0.25, 0.3) is 0 Å². The van der Waals surface area contributed by atoms with Crippen LogP contribution in [0.15, 0.2) is 0 Å². The van der Waals surface area contributed by atoms with E-state index in [0.29, 0.717) is 10.8 Å². The maximum absolute atomic E-state index is 12.7. The van der Waals surface area contributed by atoms with Gasteiger partial charge in [0.15, 0.2) is 0 Å². The van der Waals surface area contributed by atoms with Crippen LogP contribution in [0, 0.1) is 27.6 Å². The number of esters is 1. The topological polar surface area (TPSA) is 26.3 Å². The number of hydrogen-bond acceptors (Lipinski definition) is 2. The molecule has 0 spiro atoms. The van der Waals surface area contributed by atoms with Crippen LogP contribution in [-0.2, 0) is 9.53 Å². The van der Waals surface area contributed by atoms with E-state index in [2.05, 4.69) is 83.1 Å². The van der Waals surface area contributed by atoms with E-state index in [0.717, 1.165) is 31.6 Å². The van der Waals surface area contributed by atoms with E-state index in [1.165, 1.54) is 12.8 Å². The summed E-state index contributed by atoms with van der Waals surface area (Å²) in [5.41, 5.74) is 0.673. The molecule has 0 bridgehead atoms. The molecule has 0 heterocycles. The van der Waals surface area contributed by atoms with Crippen LogP contribution in [-0.4, -0.2) is 12.1 Å². The number of ether oxygens (including phenoxy) is 1. The van der Waals surface area contributed by atoms with Gasteiger partial charge in [0.1, 0.15) is 6.10 Å². The summed E-state index contributed by atoms with van der Waals surface area (Å²) >= 11 is 0. The lowest BCUT2D eigenvalue weighted by atomic mass is 9.71. The van der Waals surface area contributed by atoms with Crippen LogP contribution in [0.5, 0.6) is 0 Å². The molecule has 0 N–H and O–H groups in total. The zero-order valence-electron chi connectivity index (χ0n) is 20.7. The molecular formula is C25H50O2. The molecule has 1 saturated carbocycles. The Morgan fingerprint density at radius 2 is 1.22 bits per heavy atom. The summed E-state index contributed by atoms with van der Waals surface area (Å²) in [5, 5.41) is 0. The fourth-order valence-electron chi connectivity index (χ4n) is 3.85. The SMILES string of the molecule is CC(C)(C)C.CCC(C)(CC(C)(C)C)C(=O)OC1CCC(C(C)(C)C)CC1. The average Bonchev–Trinajstić information content (AvgIpc) is 2.43. The Labute approximate surface area is 171 Å². The van der Waals surface area contributed by atoms with Crippen molar-refractivity contribution in [1.82, 2.24) is 0 Å². The van der Waals surface area contributed by atoms with Crippen molar-refractivity contribution in [2.45, 2.75) is 128 Å². The van der Waals surface area contributed by atoms with E-state index in [9.17, 15) is 4.79 Å². The molecule has 2 heteroatoms. The maximum atomic E-state index is 12.7. The molecule has 27 heavy (non-hydrogen) atoms. The monoisotopic (exact) mass is 382 g/mol. The highest BCUT2D eigenvalue weighted by Crippen LogP contribution is 2.41. The summed E-state index contributed by atoms with van der Waals surface area (Å²) in [6.45, 7) is 26.5. The molecule has 1 rings (SSSR count). The first kappa shape index (κ1) is 26.5. The first-order valence-corrected chi connectivity index (χ1v) is 11.1. The highest BCUT2D eigenvalue weighted by Gasteiger charge is 2.39. The molecule has 1 unspecified atom stereocenters. The van der Waals surface area contributed by atoms with Crippen molar-refractivity contribution in [2.24, 2.45) is 27.6 Å². The number of rotatable bonds is 4. The van der Waals surface area contributed by atoms with Gasteiger partial charge in [-0.05, 0) is 67.6 Å². The highest BCUT2D eigenvalue weighted by molar-refractivity contribution is 5.76. The molecular weight excluding hydrogens is 332 g/mol. The Morgan fingerprint density at radius 1 is 0.815 bits per heavy atom. The minimum absolute atomic E-state index is 0.0177. The third-order valence-electron chi connectivity index (χ3n) is 5.37. The van der Waals surface area contributed by atoms with Crippen LogP contribution in [0.4, 0.5) is 0 Å². The van der Waals surface area contributed by atoms with Crippen molar-refractivity contribution in [2.75, 3.05) is 0 Å². The van der Waals surface area contributed by atoms with Gasteiger partial charge in [-0.3, -0.25) is 4.79 Å². The van der Waals surface area contributed by atoms with Gasteiger partial charge in [0.05, 0.1) is 5.41 Å². The lowest BCUT2D eigenvalue weighted by Gasteiger charge is -2.38. The highest BCUT2D eigenvalue weighted by atomic mass is 16.5. The van der Waals surface area contributed by atoms with Crippen LogP contribution in [0.3, 0.4) is 0 Å². The smallest absolute Gasteiger partial charge is 0.312 e. The van der Waals surface area contributed by atoms with Gasteiger partial charge in [-0.2, -0.15) is 0 Å². The molecule has 0 aliphatic heterocycles. The molecule has 1 fully saturated rings. The Morgan fingerprint density at radius 3 is 1.52 bits per heavy atom. The molecule has 1 atom stereocenters. The summed E-state index contributed by atoms with van der Waals surface area (Å²) in [6, 6.07) is 0. The third-order valence-corrected chi connectivity index (χ3v) is 5.37. The van der Waals surface area contributed by atoms with E-state index < -0.39 is 0 Å². The van der Waals surface area contributed by atoms with E-state index >= 15 is 0 Å². The number of carbonyl (C=O) groups excluding carboxylic acids is 1. The molecule has 0 aromatic carbocycles. The fraction of sp³-hybridized carbons (Fsp3) is 0.960. The second kappa shape index (κ2) is 9.79. The minimum atomic E-state index is -0.348. The minimum Gasteiger partial charge on any atom is -0.462 e. The summed E-state index contributed by atoms with van der Waals surface area (Å²) < 4.78 is 5.92. The van der Waals surface area contributed by atoms with E-state index in [1.807, 2.05) is 0 Å². The van der Waals surface area contributed by atoms with Gasteiger partial charge >= 0.3 is 5.97 Å². The first-order chi connectivity index (χ1) is 11.9. The van der Waals surface area contributed by atoms with Crippen molar-refractivity contribution in [1.29, 1.82) is 0 Å². The van der Waals surface area contributed by atoms with Crippen LogP contribution in [0.1, 0.15) is 122 Å². The molecule has 0 amide bonds. The van der Waals surface area contributed by atoms with Gasteiger partial charge < -0.3 is 4.74 Å². The molecule has 0 aromatic heterocycles. The summed E-state index contributed by atoms with van der Waals surface area (Å²) in [7, 11) is 0. The van der Waals surface area contributed by atoms with Crippen molar-refractivity contribution in [3.63, 3.8) is 0 Å². The van der Waals surface area contributed by atoms with Gasteiger partial charge in [-0.25, -0.2) is 0 Å². The lowest BCUT2D eigenvalue weighted by Crippen LogP contribution is -2.37. The van der Waals surface area contributed by atoms with Crippen molar-refractivity contribution in [3.8, 4) is 0 Å². The quantitative estimate of drug-likeness (QED) is 0.460. The first-order valence-electron chi connectivity index (χ1n) is 11.1. The van der Waals surface area contributed by atoms with E-state index in [1.54, 1.807) is 0 Å². The molecule has 1 aliphatic carbocycles. The summed E-state index contributed by atoms with van der Waals surface area (Å²) in [4.78, 5) is 12.7. The van der Waals surface area contributed by atoms with E-state index in [4.69, 9.17) is 4.74 Å². The van der Waals surface area contributed by atoms with Crippen molar-refractivity contribution >= 4 is 5.97 Å². The van der Waals surface area contributed by atoms with Crippen molar-refractivity contribution in [3.05, 3.63) is 0 Å². The van der Waals surface area contributed by atoms with Crippen LogP contribution < -0.4 is 0 Å². The maximum Gasteiger partial charge on any atom is 0.312 e. The Hall–Kier alpha value is -0.530. The van der Waals surface area contributed by atoms with E-state index in [-0.39, 0.29) is 22.9 Å². The molecule has 2 nitrogen and oxygen atoms in total. The Kier molecular flexibility index (Phi) is 9.60. The normalized spacial score (nSPS) is 23.7. The van der Waals surface area contributed by atoms with Gasteiger partial charge in [-0.15, -0.1) is 0 Å². The zero-order valence-corrected chi connectivity index (χ0v) is 20.7. The fourth-order valence-corrected chi connectivity index (χ4v) is 3.85. The second-order valence-corrected chi connectivity index (χ2v) is 12.9. The predicted molar refractivity (Wildman–Crippen MR) is 119 cm³/mol. The molecule has 1 aliphatic rings. The Bertz CT molecular complexity index is 430. The van der Waals surface area contributed by atoms with Crippen molar-refractivity contribution < 1.29 is 9.53 Å². The third kappa shape index (κ3) is 11.8. The largest absolute Gasteiger partial charge is 0.462 e. The molecule has 0 radical (unpaired) electrons. The Balaban J connectivity index is 0.00000119. The second-order valence-electron chi connectivity index (χ2n) is 12.9. The molecule has 0 aromatic rings. The predicted octanol–water partition coefficient (Wildman–Crippen LogP) is 8.04. The molecule has 162 valence electrons. The van der Waals surface area contributed by atoms with Gasteiger partial charge in [0.25, 0.3) is 0 Å². The zero-order chi connectivity index (χ0) is 21.7. The van der Waals surface area contributed by atoms with Crippen LogP contribution in [0.2, 0.25) is 0 Å². The van der Waals surface area contributed by atoms with Gasteiger partial charge in [0, 0.05) is 0 Å². The van der Waals surface area contributed by atoms with Crippen LogP contribution >= 0.6 is 0 Å². The number of carbonyl (C=O) groups is 1. The summed E-state index contributed by atoms with van der Waals surface area (Å²) in [5.74, 6) is 0.777. The molecule has 0 saturated heterocycles. The van der Waals surface area contributed by atoms with Gasteiger partial charge in [0.2, 0.25) is 0 Å². The standard InChI is InChI=1S/C20H38O2.C5H12/c1-9-20(8,14-18(2,3)4)17(21)22-16-12-10-15(11-13-16)19(5,6)7;1-5(2,3)4/h15-16H,9-14H2,1-8H3;1-4H3. The van der Waals surface area contributed by atoms with Gasteiger partial charge in [-0.1, -0.05) is 76.2 Å². The summed E-state index contributed by atoms with van der Waals surface area (Å²) in [6.07, 6.45) is 6.29. The average molecular weight is 383 g/mol. The number of hydrogen-bond donors (Lipinski definition) is 0. The lowest BCUT2D eigenvalue weighted by molar-refractivity contribution is -0.165.